The molecule has 0 radical (unpaired) electrons. The van der Waals surface area contributed by atoms with E-state index in [0.717, 1.165) is 39.3 Å². The third-order valence-electron chi connectivity index (χ3n) is 8.36. The third kappa shape index (κ3) is 1.60. The lowest BCUT2D eigenvalue weighted by atomic mass is 9.53. The topological polar surface area (TPSA) is 46.2 Å². The normalized spacial score (nSPS) is 50.8. The molecular weight excluding hydrogens is 308 g/mol. The zero-order valence-corrected chi connectivity index (χ0v) is 15.0. The van der Waals surface area contributed by atoms with E-state index in [0.29, 0.717) is 29.5 Å². The molecular formula is C19H30O5. The van der Waals surface area contributed by atoms with Gasteiger partial charge in [-0.3, -0.25) is 0 Å². The van der Waals surface area contributed by atoms with Crippen molar-refractivity contribution in [3.05, 3.63) is 0 Å². The summed E-state index contributed by atoms with van der Waals surface area (Å²) in [6.45, 7) is 5.97. The minimum absolute atomic E-state index is 0.00333. The molecule has 0 N–H and O–H groups in total. The highest BCUT2D eigenvalue weighted by molar-refractivity contribution is 5.31. The number of methoxy groups -OCH3 is 1. The molecule has 5 atom stereocenters. The summed E-state index contributed by atoms with van der Waals surface area (Å²) in [6.07, 6.45) is 7.04. The van der Waals surface area contributed by atoms with Gasteiger partial charge in [-0.1, -0.05) is 6.92 Å². The van der Waals surface area contributed by atoms with Gasteiger partial charge in [0.15, 0.2) is 5.79 Å². The van der Waals surface area contributed by atoms with Gasteiger partial charge in [0, 0.05) is 31.5 Å². The summed E-state index contributed by atoms with van der Waals surface area (Å²) in [5.41, 5.74) is 0.628. The van der Waals surface area contributed by atoms with E-state index in [4.69, 9.17) is 23.7 Å². The first-order valence-electron chi connectivity index (χ1n) is 9.63. The fourth-order valence-corrected chi connectivity index (χ4v) is 7.55. The van der Waals surface area contributed by atoms with Crippen molar-refractivity contribution in [1.82, 2.24) is 0 Å². The molecule has 3 aliphatic carbocycles. The van der Waals surface area contributed by atoms with Crippen LogP contribution in [0, 0.1) is 22.7 Å². The van der Waals surface area contributed by atoms with Crippen molar-refractivity contribution in [3.8, 4) is 0 Å². The number of rotatable bonds is 5. The Morgan fingerprint density at radius 2 is 1.92 bits per heavy atom. The lowest BCUT2D eigenvalue weighted by Crippen LogP contribution is -2.65. The Balaban J connectivity index is 1.51. The summed E-state index contributed by atoms with van der Waals surface area (Å²) < 4.78 is 29.8. The molecule has 1 spiro atoms. The van der Waals surface area contributed by atoms with E-state index in [9.17, 15) is 0 Å². The fraction of sp³-hybridized carbons (Fsp3) is 1.00. The molecule has 1 unspecified atom stereocenters. The Morgan fingerprint density at radius 1 is 1.08 bits per heavy atom. The predicted molar refractivity (Wildman–Crippen MR) is 86.4 cm³/mol. The summed E-state index contributed by atoms with van der Waals surface area (Å²) in [4.78, 5) is 0. The Morgan fingerprint density at radius 3 is 2.62 bits per heavy atom. The monoisotopic (exact) mass is 338 g/mol. The van der Waals surface area contributed by atoms with Crippen LogP contribution in [0.4, 0.5) is 0 Å². The van der Waals surface area contributed by atoms with Gasteiger partial charge in [0.05, 0.1) is 25.4 Å². The van der Waals surface area contributed by atoms with Crippen molar-refractivity contribution >= 4 is 0 Å². The minimum atomic E-state index is -0.386. The first-order valence-corrected chi connectivity index (χ1v) is 9.63. The van der Waals surface area contributed by atoms with Crippen LogP contribution in [0.25, 0.3) is 0 Å². The Hall–Kier alpha value is -0.200. The summed E-state index contributed by atoms with van der Waals surface area (Å²) in [6, 6.07) is 0. The van der Waals surface area contributed by atoms with Gasteiger partial charge in [-0.05, 0) is 43.4 Å². The van der Waals surface area contributed by atoms with Crippen LogP contribution in [0.1, 0.15) is 45.4 Å². The van der Waals surface area contributed by atoms with Crippen LogP contribution in [-0.4, -0.2) is 51.7 Å². The zero-order chi connectivity index (χ0) is 16.5. The van der Waals surface area contributed by atoms with Gasteiger partial charge < -0.3 is 23.7 Å². The van der Waals surface area contributed by atoms with Crippen molar-refractivity contribution in [1.29, 1.82) is 0 Å². The van der Waals surface area contributed by atoms with Gasteiger partial charge in [0.1, 0.15) is 6.79 Å². The standard InChI is InChI=1S/C19H30O5/c1-14-10-19(22-8-9-23-19)15-11-16(14,6-7-21-13-20-2)17-4-3-5-18(15,17)24-12-17/h14-15H,3-13H2,1-2H3/t14-,15?,16+,17+,18-/m0/s1. The van der Waals surface area contributed by atoms with Crippen LogP contribution in [0.15, 0.2) is 0 Å². The highest BCUT2D eigenvalue weighted by atomic mass is 16.7. The fourth-order valence-electron chi connectivity index (χ4n) is 7.55. The maximum Gasteiger partial charge on any atom is 0.174 e. The predicted octanol–water partition coefficient (Wildman–Crippen LogP) is 2.73. The van der Waals surface area contributed by atoms with Crippen molar-refractivity contribution < 1.29 is 23.7 Å². The minimum Gasteiger partial charge on any atom is -0.373 e. The first kappa shape index (κ1) is 16.0. The summed E-state index contributed by atoms with van der Waals surface area (Å²) in [5, 5.41) is 0. The number of ether oxygens (including phenoxy) is 5. The Labute approximate surface area is 144 Å². The number of hydrogen-bond donors (Lipinski definition) is 0. The maximum atomic E-state index is 6.43. The van der Waals surface area contributed by atoms with Crippen LogP contribution in [0.5, 0.6) is 0 Å². The Kier molecular flexibility index (Phi) is 3.45. The molecule has 5 nitrogen and oxygen atoms in total. The molecule has 5 heteroatoms. The van der Waals surface area contributed by atoms with Gasteiger partial charge in [-0.2, -0.15) is 0 Å². The number of fused-ring (bicyclic) bond motifs is 3. The molecule has 5 fully saturated rings. The van der Waals surface area contributed by atoms with Crippen LogP contribution in [0.3, 0.4) is 0 Å². The zero-order valence-electron chi connectivity index (χ0n) is 15.0. The molecule has 0 aromatic rings. The SMILES string of the molecule is COCOCC[C@@]12CC(C3(C[C@@H]1C)OCCO3)[C@@]13CCC[C@@]21CO3. The molecule has 5 rings (SSSR count). The largest absolute Gasteiger partial charge is 0.373 e. The van der Waals surface area contributed by atoms with Crippen LogP contribution >= 0.6 is 0 Å². The van der Waals surface area contributed by atoms with E-state index in [1.165, 1.54) is 25.7 Å². The van der Waals surface area contributed by atoms with E-state index in [1.807, 2.05) is 0 Å². The smallest absolute Gasteiger partial charge is 0.174 e. The summed E-state index contributed by atoms with van der Waals surface area (Å²) in [5.74, 6) is 0.576. The highest BCUT2D eigenvalue weighted by Gasteiger charge is 2.85. The highest BCUT2D eigenvalue weighted by Crippen LogP contribution is 2.82. The lowest BCUT2D eigenvalue weighted by Gasteiger charge is -2.60. The first-order chi connectivity index (χ1) is 11.6. The second kappa shape index (κ2) is 5.17. The molecule has 0 amide bonds. The van der Waals surface area contributed by atoms with Crippen LogP contribution < -0.4 is 0 Å². The molecule has 0 aromatic carbocycles. The van der Waals surface area contributed by atoms with Crippen LogP contribution in [0.2, 0.25) is 0 Å². The molecule has 2 saturated heterocycles. The van der Waals surface area contributed by atoms with E-state index in [2.05, 4.69) is 6.92 Å². The average molecular weight is 338 g/mol. The number of hydrogen-bond acceptors (Lipinski definition) is 5. The molecule has 24 heavy (non-hydrogen) atoms. The second-order valence-electron chi connectivity index (χ2n) is 8.71. The van der Waals surface area contributed by atoms with Gasteiger partial charge >= 0.3 is 0 Å². The average Bonchev–Trinajstić information content (AvgIpc) is 3.14. The molecule has 5 aliphatic rings. The molecule has 0 aromatic heterocycles. The third-order valence-corrected chi connectivity index (χ3v) is 8.36. The maximum absolute atomic E-state index is 6.43. The van der Waals surface area contributed by atoms with Crippen molar-refractivity contribution in [2.75, 3.05) is 40.3 Å². The van der Waals surface area contributed by atoms with Gasteiger partial charge in [-0.15, -0.1) is 0 Å². The molecule has 2 bridgehead atoms. The van der Waals surface area contributed by atoms with Crippen molar-refractivity contribution in [2.45, 2.75) is 56.8 Å². The molecule has 2 aliphatic heterocycles. The van der Waals surface area contributed by atoms with Crippen molar-refractivity contribution in [2.24, 2.45) is 22.7 Å². The van der Waals surface area contributed by atoms with E-state index in [1.54, 1.807) is 7.11 Å². The van der Waals surface area contributed by atoms with E-state index < -0.39 is 0 Å². The summed E-state index contributed by atoms with van der Waals surface area (Å²) in [7, 11) is 1.69. The second-order valence-corrected chi connectivity index (χ2v) is 8.71. The molecule has 2 heterocycles. The van der Waals surface area contributed by atoms with Gasteiger partial charge in [-0.25, -0.2) is 0 Å². The van der Waals surface area contributed by atoms with Crippen LogP contribution in [-0.2, 0) is 23.7 Å². The van der Waals surface area contributed by atoms with Gasteiger partial charge in [0.25, 0.3) is 0 Å². The quantitative estimate of drug-likeness (QED) is 0.570. The van der Waals surface area contributed by atoms with E-state index in [-0.39, 0.29) is 11.4 Å². The lowest BCUT2D eigenvalue weighted by molar-refractivity contribution is -0.307. The van der Waals surface area contributed by atoms with E-state index >= 15 is 0 Å². The Bertz CT molecular complexity index is 518. The molecule has 3 saturated carbocycles. The molecule has 136 valence electrons. The summed E-state index contributed by atoms with van der Waals surface area (Å²) >= 11 is 0. The van der Waals surface area contributed by atoms with Gasteiger partial charge in [0.2, 0.25) is 0 Å². The van der Waals surface area contributed by atoms with Crippen molar-refractivity contribution in [3.63, 3.8) is 0 Å².